The molecule has 2 aromatic heterocycles. The molecule has 2 amide bonds. The molecule has 0 aliphatic heterocycles. The number of fused-ring (bicyclic) bond motifs is 1. The Kier molecular flexibility index (Phi) is 8.39. The van der Waals surface area contributed by atoms with Gasteiger partial charge in [-0.05, 0) is 33.3 Å². The lowest BCUT2D eigenvalue weighted by Crippen LogP contribution is -2.44. The van der Waals surface area contributed by atoms with E-state index in [-0.39, 0.29) is 47.4 Å². The molecule has 0 aliphatic rings. The van der Waals surface area contributed by atoms with E-state index in [2.05, 4.69) is 25.6 Å². The van der Waals surface area contributed by atoms with Crippen LogP contribution < -0.4 is 15.4 Å². The van der Waals surface area contributed by atoms with Gasteiger partial charge in [-0.2, -0.15) is 9.97 Å². The average Bonchev–Trinajstić information content (AvgIpc) is 3.23. The Morgan fingerprint density at radius 2 is 1.89 bits per heavy atom. The fourth-order valence-corrected chi connectivity index (χ4v) is 3.27. The number of aromatic nitrogens is 4. The predicted octanol–water partition coefficient (Wildman–Crippen LogP) is 2.94. The third kappa shape index (κ3) is 7.11. The van der Waals surface area contributed by atoms with Gasteiger partial charge in [-0.15, -0.1) is 0 Å². The third-order valence-electron chi connectivity index (χ3n) is 4.82. The van der Waals surface area contributed by atoms with E-state index in [1.54, 1.807) is 31.4 Å². The minimum Gasteiger partial charge on any atom is -0.467 e. The van der Waals surface area contributed by atoms with Crippen molar-refractivity contribution in [1.82, 2.24) is 24.8 Å². The Morgan fingerprint density at radius 3 is 2.53 bits per heavy atom. The summed E-state index contributed by atoms with van der Waals surface area (Å²) in [6.45, 7) is 6.44. The highest BCUT2D eigenvalue weighted by atomic mass is 16.6. The van der Waals surface area contributed by atoms with Crippen LogP contribution in [0, 0.1) is 10.1 Å². The van der Waals surface area contributed by atoms with Gasteiger partial charge < -0.3 is 24.1 Å². The monoisotopic (exact) mass is 529 g/mol. The largest absolute Gasteiger partial charge is 0.467 e. The fourth-order valence-electron chi connectivity index (χ4n) is 3.27. The molecule has 15 heteroatoms. The average molecular weight is 530 g/mol. The Balaban J connectivity index is 1.93. The lowest BCUT2D eigenvalue weighted by Gasteiger charge is -2.22. The molecule has 0 aliphatic carbocycles. The molecule has 1 aromatic carbocycles. The van der Waals surface area contributed by atoms with Crippen LogP contribution in [-0.2, 0) is 25.6 Å². The van der Waals surface area contributed by atoms with Gasteiger partial charge in [-0.25, -0.2) is 14.6 Å². The number of nitro groups is 1. The van der Waals surface area contributed by atoms with E-state index in [1.165, 1.54) is 38.6 Å². The van der Waals surface area contributed by atoms with E-state index in [4.69, 9.17) is 14.2 Å². The Labute approximate surface area is 216 Å². The van der Waals surface area contributed by atoms with Gasteiger partial charge in [0.1, 0.15) is 11.6 Å². The minimum atomic E-state index is -1.05. The van der Waals surface area contributed by atoms with Crippen molar-refractivity contribution in [3.63, 3.8) is 0 Å². The zero-order valence-electron chi connectivity index (χ0n) is 21.4. The number of nitrogens with zero attached hydrogens (tertiary/aromatic N) is 5. The lowest BCUT2D eigenvalue weighted by atomic mass is 10.2. The molecule has 0 saturated heterocycles. The number of nitro benzene ring substituents is 1. The molecule has 0 fully saturated rings. The number of rotatable bonds is 9. The van der Waals surface area contributed by atoms with E-state index in [1.807, 2.05) is 0 Å². The standard InChI is InChI=1S/C23H27N7O8/c1-13(31)25-21-27-18-17(19(28-21)37-16-9-7-6-8-15(16)30(34)35)24-12-29(18)11-10-14(20(32)36-5)26-22(33)38-23(2,3)4/h6-9,12,14H,10-11H2,1-5H3,(H,26,33)(H,25,27,28,31)/t14-/m0/s1. The topological polar surface area (TPSA) is 190 Å². The minimum absolute atomic E-state index is 0.0667. The van der Waals surface area contributed by atoms with Crippen molar-refractivity contribution < 1.29 is 33.5 Å². The summed E-state index contributed by atoms with van der Waals surface area (Å²) >= 11 is 0. The van der Waals surface area contributed by atoms with Crippen molar-refractivity contribution in [1.29, 1.82) is 0 Å². The number of carbonyl (C=O) groups is 3. The zero-order valence-corrected chi connectivity index (χ0v) is 21.4. The van der Waals surface area contributed by atoms with Crippen molar-refractivity contribution in [3.05, 3.63) is 40.7 Å². The van der Waals surface area contributed by atoms with Crippen LogP contribution in [0.15, 0.2) is 30.6 Å². The second kappa shape index (κ2) is 11.5. The molecule has 2 heterocycles. The first-order chi connectivity index (χ1) is 17.9. The number of esters is 1. The van der Waals surface area contributed by atoms with Gasteiger partial charge in [0.05, 0.1) is 18.4 Å². The number of imidazole rings is 1. The van der Waals surface area contributed by atoms with Crippen molar-refractivity contribution in [2.24, 2.45) is 0 Å². The molecule has 3 aromatic rings. The van der Waals surface area contributed by atoms with Gasteiger partial charge in [-0.1, -0.05) is 12.1 Å². The van der Waals surface area contributed by atoms with Gasteiger partial charge >= 0.3 is 17.7 Å². The number of nitrogens with one attached hydrogen (secondary N) is 2. The molecule has 0 bridgehead atoms. The van der Waals surface area contributed by atoms with Crippen molar-refractivity contribution >= 4 is 40.8 Å². The Bertz CT molecular complexity index is 1370. The Hall–Kier alpha value is -4.82. The molecule has 0 spiro atoms. The maximum atomic E-state index is 12.3. The quantitative estimate of drug-likeness (QED) is 0.235. The molecule has 3 rings (SSSR count). The number of aryl methyl sites for hydroxylation is 1. The number of carbonyl (C=O) groups excluding carboxylic acids is 3. The van der Waals surface area contributed by atoms with Crippen LogP contribution in [-0.4, -0.2) is 61.2 Å². The highest BCUT2D eigenvalue weighted by molar-refractivity contribution is 5.88. The summed E-state index contributed by atoms with van der Waals surface area (Å²) in [5.74, 6) is -1.50. The summed E-state index contributed by atoms with van der Waals surface area (Å²) in [6.07, 6.45) is 0.668. The van der Waals surface area contributed by atoms with Crippen molar-refractivity contribution in [2.45, 2.75) is 52.3 Å². The number of anilines is 1. The Morgan fingerprint density at radius 1 is 1.18 bits per heavy atom. The predicted molar refractivity (Wildman–Crippen MR) is 133 cm³/mol. The van der Waals surface area contributed by atoms with Gasteiger partial charge in [0, 0.05) is 19.5 Å². The fraction of sp³-hybridized carbons (Fsp3) is 0.391. The van der Waals surface area contributed by atoms with E-state index in [0.29, 0.717) is 0 Å². The van der Waals surface area contributed by atoms with Gasteiger partial charge in [0.15, 0.2) is 11.2 Å². The maximum absolute atomic E-state index is 12.3. The molecule has 202 valence electrons. The van der Waals surface area contributed by atoms with Gasteiger partial charge in [-0.3, -0.25) is 20.2 Å². The second-order valence-electron chi connectivity index (χ2n) is 8.98. The summed E-state index contributed by atoms with van der Waals surface area (Å²) in [5.41, 5.74) is -0.717. The van der Waals surface area contributed by atoms with Gasteiger partial charge in [0.2, 0.25) is 17.6 Å². The summed E-state index contributed by atoms with van der Waals surface area (Å²) in [5, 5.41) is 16.4. The number of para-hydroxylation sites is 2. The summed E-state index contributed by atoms with van der Waals surface area (Å²) < 4.78 is 17.3. The summed E-state index contributed by atoms with van der Waals surface area (Å²) in [6, 6.07) is 4.65. The van der Waals surface area contributed by atoms with Gasteiger partial charge in [0.25, 0.3) is 5.88 Å². The number of ether oxygens (including phenoxy) is 3. The van der Waals surface area contributed by atoms with E-state index < -0.39 is 34.5 Å². The second-order valence-corrected chi connectivity index (χ2v) is 8.98. The molecule has 38 heavy (non-hydrogen) atoms. The normalized spacial score (nSPS) is 11.9. The van der Waals surface area contributed by atoms with Crippen LogP contribution in [0.3, 0.4) is 0 Å². The SMILES string of the molecule is COC(=O)[C@H](CCn1cnc2c(Oc3ccccc3[N+](=O)[O-])nc(NC(C)=O)nc21)NC(=O)OC(C)(C)C. The van der Waals surface area contributed by atoms with Crippen molar-refractivity contribution in [2.75, 3.05) is 12.4 Å². The molecule has 0 radical (unpaired) electrons. The first-order valence-electron chi connectivity index (χ1n) is 11.4. The van der Waals surface area contributed by atoms with Crippen LogP contribution in [0.5, 0.6) is 11.6 Å². The van der Waals surface area contributed by atoms with Crippen LogP contribution in [0.25, 0.3) is 11.2 Å². The number of amides is 2. The smallest absolute Gasteiger partial charge is 0.408 e. The number of benzene rings is 1. The number of alkyl carbamates (subject to hydrolysis) is 1. The van der Waals surface area contributed by atoms with Crippen LogP contribution in [0.4, 0.5) is 16.4 Å². The molecule has 2 N–H and O–H groups in total. The number of hydrogen-bond acceptors (Lipinski definition) is 11. The third-order valence-corrected chi connectivity index (χ3v) is 4.82. The van der Waals surface area contributed by atoms with E-state index in [9.17, 15) is 24.5 Å². The first-order valence-corrected chi connectivity index (χ1v) is 11.4. The maximum Gasteiger partial charge on any atom is 0.408 e. The lowest BCUT2D eigenvalue weighted by molar-refractivity contribution is -0.385. The number of methoxy groups -OCH3 is 1. The number of hydrogen-bond donors (Lipinski definition) is 2. The van der Waals surface area contributed by atoms with Crippen LogP contribution in [0.2, 0.25) is 0 Å². The molecular weight excluding hydrogens is 502 g/mol. The van der Waals surface area contributed by atoms with E-state index in [0.717, 1.165) is 0 Å². The summed E-state index contributed by atoms with van der Waals surface area (Å²) in [7, 11) is 1.19. The first kappa shape index (κ1) is 27.8. The van der Waals surface area contributed by atoms with E-state index >= 15 is 0 Å². The van der Waals surface area contributed by atoms with Crippen LogP contribution >= 0.6 is 0 Å². The molecule has 1 atom stereocenters. The van der Waals surface area contributed by atoms with Crippen LogP contribution in [0.1, 0.15) is 34.1 Å². The van der Waals surface area contributed by atoms with Crippen molar-refractivity contribution in [3.8, 4) is 11.6 Å². The molecule has 0 unspecified atom stereocenters. The molecular formula is C23H27N7O8. The molecule has 15 nitrogen and oxygen atoms in total. The zero-order chi connectivity index (χ0) is 28.0. The highest BCUT2D eigenvalue weighted by Crippen LogP contribution is 2.33. The molecule has 0 saturated carbocycles. The summed E-state index contributed by atoms with van der Waals surface area (Å²) in [4.78, 5) is 59.7. The highest BCUT2D eigenvalue weighted by Gasteiger charge is 2.26.